The lowest BCUT2D eigenvalue weighted by molar-refractivity contribution is -0.130. The van der Waals surface area contributed by atoms with Crippen LogP contribution >= 0.6 is 0 Å². The van der Waals surface area contributed by atoms with Crippen molar-refractivity contribution in [3.8, 4) is 0 Å². The van der Waals surface area contributed by atoms with E-state index >= 15 is 0 Å². The number of primary amides is 1. The quantitative estimate of drug-likeness (QED) is 0.693. The lowest BCUT2D eigenvalue weighted by Gasteiger charge is -2.18. The zero-order chi connectivity index (χ0) is 13.5. The maximum absolute atomic E-state index is 12.0. The highest BCUT2D eigenvalue weighted by Crippen LogP contribution is 2.20. The van der Waals surface area contributed by atoms with E-state index < -0.39 is 0 Å². The summed E-state index contributed by atoms with van der Waals surface area (Å²) in [6, 6.07) is 0. The summed E-state index contributed by atoms with van der Waals surface area (Å²) in [6.45, 7) is 3.98. The summed E-state index contributed by atoms with van der Waals surface area (Å²) >= 11 is 0. The first-order valence-corrected chi connectivity index (χ1v) is 6.85. The highest BCUT2D eigenvalue weighted by Gasteiger charge is 2.29. The van der Waals surface area contributed by atoms with E-state index in [1.165, 1.54) is 0 Å². The van der Waals surface area contributed by atoms with Gasteiger partial charge >= 0.3 is 0 Å². The van der Waals surface area contributed by atoms with Crippen LogP contribution in [0.4, 0.5) is 0 Å². The van der Waals surface area contributed by atoms with Gasteiger partial charge in [-0.05, 0) is 31.7 Å². The topological polar surface area (TPSA) is 89.4 Å². The molecule has 0 radical (unpaired) electrons. The summed E-state index contributed by atoms with van der Waals surface area (Å²) in [5.41, 5.74) is 10.8. The van der Waals surface area contributed by atoms with Crippen molar-refractivity contribution >= 4 is 11.8 Å². The van der Waals surface area contributed by atoms with Gasteiger partial charge in [-0.2, -0.15) is 0 Å². The van der Waals surface area contributed by atoms with E-state index in [1.807, 2.05) is 0 Å². The van der Waals surface area contributed by atoms with Gasteiger partial charge in [0.15, 0.2) is 0 Å². The molecule has 0 saturated carbocycles. The van der Waals surface area contributed by atoms with Gasteiger partial charge in [0.2, 0.25) is 11.8 Å². The number of nitrogens with two attached hydrogens (primary N) is 2. The molecular formula is C13H25N3O2. The second-order valence-electron chi connectivity index (χ2n) is 5.12. The Kier molecular flexibility index (Phi) is 6.12. The summed E-state index contributed by atoms with van der Waals surface area (Å²) in [6.07, 6.45) is 4.21. The van der Waals surface area contributed by atoms with Gasteiger partial charge in [-0.3, -0.25) is 9.59 Å². The third-order valence-electron chi connectivity index (χ3n) is 3.86. The van der Waals surface area contributed by atoms with Gasteiger partial charge in [-0.15, -0.1) is 0 Å². The molecule has 0 aromatic carbocycles. The van der Waals surface area contributed by atoms with Crippen molar-refractivity contribution in [2.45, 2.75) is 39.0 Å². The number of carbonyl (C=O) groups is 2. The van der Waals surface area contributed by atoms with Gasteiger partial charge in [0.1, 0.15) is 0 Å². The maximum atomic E-state index is 12.0. The first-order valence-electron chi connectivity index (χ1n) is 6.85. The van der Waals surface area contributed by atoms with Crippen LogP contribution in [0, 0.1) is 11.8 Å². The average molecular weight is 255 g/mol. The van der Waals surface area contributed by atoms with Crippen molar-refractivity contribution < 1.29 is 9.59 Å². The largest absolute Gasteiger partial charge is 0.369 e. The molecule has 2 unspecified atom stereocenters. The number of nitrogens with zero attached hydrogens (tertiary/aromatic N) is 1. The number of hydrogen-bond acceptors (Lipinski definition) is 3. The van der Waals surface area contributed by atoms with Crippen molar-refractivity contribution in [1.82, 2.24) is 4.90 Å². The van der Waals surface area contributed by atoms with Crippen LogP contribution in [0.25, 0.3) is 0 Å². The monoisotopic (exact) mass is 255 g/mol. The Bertz CT molecular complexity index is 294. The molecule has 2 amide bonds. The number of hydrogen-bond donors (Lipinski definition) is 2. The number of amides is 2. The van der Waals surface area contributed by atoms with Crippen LogP contribution in [0.5, 0.6) is 0 Å². The second kappa shape index (κ2) is 7.36. The first-order chi connectivity index (χ1) is 8.58. The molecule has 4 N–H and O–H groups in total. The zero-order valence-corrected chi connectivity index (χ0v) is 11.2. The molecule has 1 aliphatic heterocycles. The minimum absolute atomic E-state index is 0.147. The summed E-state index contributed by atoms with van der Waals surface area (Å²) in [4.78, 5) is 24.8. The standard InChI is InChI=1S/C13H25N3O2/c1-2-10(5-7-14)3-4-12(17)16-8-6-11(9-16)13(15)18/h10-11H,2-9,14H2,1H3,(H2,15,18). The SMILES string of the molecule is CCC(CCN)CCC(=O)N1CCC(C(N)=O)C1. The summed E-state index contributed by atoms with van der Waals surface area (Å²) in [5, 5.41) is 0. The predicted octanol–water partition coefficient (Wildman–Crippen LogP) is 0.475. The molecule has 1 heterocycles. The van der Waals surface area contributed by atoms with Crippen LogP contribution in [-0.4, -0.2) is 36.3 Å². The second-order valence-corrected chi connectivity index (χ2v) is 5.12. The predicted molar refractivity (Wildman–Crippen MR) is 70.6 cm³/mol. The molecule has 0 aromatic heterocycles. The van der Waals surface area contributed by atoms with E-state index in [2.05, 4.69) is 6.92 Å². The Hall–Kier alpha value is -1.10. The maximum Gasteiger partial charge on any atom is 0.222 e. The summed E-state index contributed by atoms with van der Waals surface area (Å²) < 4.78 is 0. The summed E-state index contributed by atoms with van der Waals surface area (Å²) in [7, 11) is 0. The number of carbonyl (C=O) groups excluding carboxylic acids is 2. The van der Waals surface area contributed by atoms with Crippen LogP contribution in [-0.2, 0) is 9.59 Å². The third kappa shape index (κ3) is 4.29. The molecule has 1 rings (SSSR count). The fraction of sp³-hybridized carbons (Fsp3) is 0.846. The Morgan fingerprint density at radius 3 is 2.61 bits per heavy atom. The molecule has 0 bridgehead atoms. The first kappa shape index (κ1) is 15.0. The van der Waals surface area contributed by atoms with Gasteiger partial charge in [0.25, 0.3) is 0 Å². The fourth-order valence-corrected chi connectivity index (χ4v) is 2.49. The normalized spacial score (nSPS) is 21.0. The molecule has 0 aliphatic carbocycles. The molecule has 2 atom stereocenters. The van der Waals surface area contributed by atoms with Gasteiger partial charge < -0.3 is 16.4 Å². The minimum Gasteiger partial charge on any atom is -0.369 e. The van der Waals surface area contributed by atoms with Crippen molar-refractivity contribution in [3.05, 3.63) is 0 Å². The van der Waals surface area contributed by atoms with Crippen LogP contribution < -0.4 is 11.5 Å². The molecule has 0 aromatic rings. The Balaban J connectivity index is 2.31. The van der Waals surface area contributed by atoms with Gasteiger partial charge in [0.05, 0.1) is 5.92 Å². The van der Waals surface area contributed by atoms with Crippen molar-refractivity contribution in [2.75, 3.05) is 19.6 Å². The molecule has 1 saturated heterocycles. The van der Waals surface area contributed by atoms with Crippen LogP contribution in [0.3, 0.4) is 0 Å². The molecule has 0 spiro atoms. The van der Waals surface area contributed by atoms with Crippen LogP contribution in [0.1, 0.15) is 39.0 Å². The van der Waals surface area contributed by atoms with Crippen molar-refractivity contribution in [3.63, 3.8) is 0 Å². The molecule has 5 nitrogen and oxygen atoms in total. The Labute approximate surface area is 109 Å². The molecule has 18 heavy (non-hydrogen) atoms. The Morgan fingerprint density at radius 2 is 2.11 bits per heavy atom. The van der Waals surface area contributed by atoms with Crippen LogP contribution in [0.15, 0.2) is 0 Å². The molecular weight excluding hydrogens is 230 g/mol. The third-order valence-corrected chi connectivity index (χ3v) is 3.86. The van der Waals surface area contributed by atoms with E-state index in [4.69, 9.17) is 11.5 Å². The minimum atomic E-state index is -0.292. The highest BCUT2D eigenvalue weighted by molar-refractivity contribution is 5.81. The number of rotatable bonds is 7. The molecule has 1 aliphatic rings. The van der Waals surface area contributed by atoms with Gasteiger partial charge in [-0.1, -0.05) is 13.3 Å². The van der Waals surface area contributed by atoms with Crippen molar-refractivity contribution in [2.24, 2.45) is 23.3 Å². The van der Waals surface area contributed by atoms with Crippen LogP contribution in [0.2, 0.25) is 0 Å². The summed E-state index contributed by atoms with van der Waals surface area (Å²) in [5.74, 6) is 0.238. The lowest BCUT2D eigenvalue weighted by Crippen LogP contribution is -2.31. The fourth-order valence-electron chi connectivity index (χ4n) is 2.49. The van der Waals surface area contributed by atoms with E-state index in [9.17, 15) is 9.59 Å². The van der Waals surface area contributed by atoms with E-state index in [1.54, 1.807) is 4.90 Å². The lowest BCUT2D eigenvalue weighted by atomic mass is 9.96. The van der Waals surface area contributed by atoms with E-state index in [0.29, 0.717) is 38.4 Å². The number of likely N-dealkylation sites (tertiary alicyclic amines) is 1. The van der Waals surface area contributed by atoms with Crippen molar-refractivity contribution in [1.29, 1.82) is 0 Å². The Morgan fingerprint density at radius 1 is 1.39 bits per heavy atom. The van der Waals surface area contributed by atoms with Gasteiger partial charge in [-0.25, -0.2) is 0 Å². The smallest absolute Gasteiger partial charge is 0.222 e. The van der Waals surface area contributed by atoms with E-state index in [-0.39, 0.29) is 17.7 Å². The molecule has 5 heteroatoms. The average Bonchev–Trinajstić information content (AvgIpc) is 2.83. The van der Waals surface area contributed by atoms with E-state index in [0.717, 1.165) is 19.3 Å². The molecule has 104 valence electrons. The highest BCUT2D eigenvalue weighted by atomic mass is 16.2. The zero-order valence-electron chi connectivity index (χ0n) is 11.2. The molecule has 1 fully saturated rings. The van der Waals surface area contributed by atoms with Gasteiger partial charge in [0, 0.05) is 19.5 Å².